The normalized spacial score (nSPS) is 14.7. The number of amides is 1. The molecule has 1 heterocycles. The van der Waals surface area contributed by atoms with Crippen LogP contribution >= 0.6 is 11.6 Å². The van der Waals surface area contributed by atoms with E-state index >= 15 is 0 Å². The van der Waals surface area contributed by atoms with Gasteiger partial charge in [-0.1, -0.05) is 23.7 Å². The summed E-state index contributed by atoms with van der Waals surface area (Å²) in [7, 11) is 1.36. The third kappa shape index (κ3) is 3.19. The number of hydrogen-bond donors (Lipinski definition) is 1. The summed E-state index contributed by atoms with van der Waals surface area (Å²) in [6.45, 7) is -2.97. The van der Waals surface area contributed by atoms with Crippen molar-refractivity contribution in [3.63, 3.8) is 0 Å². The molecule has 2 aromatic rings. The van der Waals surface area contributed by atoms with Crippen molar-refractivity contribution in [1.82, 2.24) is 0 Å². The number of carbonyl (C=O) groups excluding carboxylic acids is 1. The van der Waals surface area contributed by atoms with E-state index in [0.717, 1.165) is 0 Å². The van der Waals surface area contributed by atoms with Gasteiger partial charge in [-0.3, -0.25) is 4.79 Å². The van der Waals surface area contributed by atoms with Gasteiger partial charge < -0.3 is 14.8 Å². The molecule has 0 radical (unpaired) electrons. The van der Waals surface area contributed by atoms with Gasteiger partial charge in [0.1, 0.15) is 0 Å². The zero-order valence-electron chi connectivity index (χ0n) is 12.5. The maximum Gasteiger partial charge on any atom is 0.387 e. The fraction of sp³-hybridized carbons (Fsp3) is 0.118. The van der Waals surface area contributed by atoms with Gasteiger partial charge in [0.2, 0.25) is 0 Å². The van der Waals surface area contributed by atoms with E-state index in [-0.39, 0.29) is 17.4 Å². The Morgan fingerprint density at radius 1 is 1.17 bits per heavy atom. The first-order valence-corrected chi connectivity index (χ1v) is 7.31. The Morgan fingerprint density at radius 2 is 1.96 bits per heavy atom. The van der Waals surface area contributed by atoms with Gasteiger partial charge in [0.15, 0.2) is 11.5 Å². The number of rotatable bonds is 4. The number of benzene rings is 2. The third-order valence-electron chi connectivity index (χ3n) is 3.48. The van der Waals surface area contributed by atoms with Crippen LogP contribution in [0, 0.1) is 0 Å². The van der Waals surface area contributed by atoms with Crippen LogP contribution in [-0.4, -0.2) is 19.6 Å². The summed E-state index contributed by atoms with van der Waals surface area (Å²) in [5.41, 5.74) is 2.24. The second kappa shape index (κ2) is 6.49. The van der Waals surface area contributed by atoms with E-state index in [4.69, 9.17) is 16.3 Å². The average Bonchev–Trinajstić information content (AvgIpc) is 2.82. The molecule has 1 aliphatic heterocycles. The molecule has 0 spiro atoms. The topological polar surface area (TPSA) is 47.6 Å². The van der Waals surface area contributed by atoms with E-state index in [9.17, 15) is 13.6 Å². The number of methoxy groups -OCH3 is 1. The summed E-state index contributed by atoms with van der Waals surface area (Å²) >= 11 is 5.91. The van der Waals surface area contributed by atoms with Crippen LogP contribution in [0.3, 0.4) is 0 Å². The highest BCUT2D eigenvalue weighted by Gasteiger charge is 2.24. The van der Waals surface area contributed by atoms with Gasteiger partial charge in [-0.25, -0.2) is 0 Å². The zero-order chi connectivity index (χ0) is 17.3. The molecule has 0 atom stereocenters. The number of anilines is 1. The molecule has 0 bridgehead atoms. The molecule has 2 aromatic carbocycles. The van der Waals surface area contributed by atoms with Crippen molar-refractivity contribution in [2.45, 2.75) is 6.61 Å². The highest BCUT2D eigenvalue weighted by atomic mass is 35.5. The maximum absolute atomic E-state index is 12.5. The second-order valence-corrected chi connectivity index (χ2v) is 5.43. The summed E-state index contributed by atoms with van der Waals surface area (Å²) in [4.78, 5) is 12.1. The summed E-state index contributed by atoms with van der Waals surface area (Å²) < 4.78 is 34.4. The predicted molar refractivity (Wildman–Crippen MR) is 87.6 cm³/mol. The minimum Gasteiger partial charge on any atom is -0.493 e. The van der Waals surface area contributed by atoms with Gasteiger partial charge in [-0.05, 0) is 35.9 Å². The number of halogens is 3. The van der Waals surface area contributed by atoms with E-state index in [1.807, 2.05) is 0 Å². The van der Waals surface area contributed by atoms with Crippen LogP contribution < -0.4 is 14.8 Å². The van der Waals surface area contributed by atoms with Crippen LogP contribution in [0.5, 0.6) is 11.5 Å². The minimum atomic E-state index is -2.97. The van der Waals surface area contributed by atoms with E-state index in [0.29, 0.717) is 27.4 Å². The molecule has 0 aromatic heterocycles. The molecule has 24 heavy (non-hydrogen) atoms. The van der Waals surface area contributed by atoms with Gasteiger partial charge in [-0.15, -0.1) is 0 Å². The summed E-state index contributed by atoms with van der Waals surface area (Å²) in [5.74, 6) is -0.212. The molecular formula is C17H12ClF2NO3. The lowest BCUT2D eigenvalue weighted by atomic mass is 10.0. The molecule has 0 fully saturated rings. The highest BCUT2D eigenvalue weighted by molar-refractivity contribution is 6.36. The van der Waals surface area contributed by atoms with Crippen LogP contribution in [-0.2, 0) is 4.79 Å². The fourth-order valence-corrected chi connectivity index (χ4v) is 2.62. The maximum atomic E-state index is 12.5. The van der Waals surface area contributed by atoms with Crippen molar-refractivity contribution in [3.05, 3.63) is 52.5 Å². The van der Waals surface area contributed by atoms with Crippen molar-refractivity contribution in [1.29, 1.82) is 0 Å². The molecule has 1 amide bonds. The molecule has 1 N–H and O–H groups in total. The number of nitrogens with one attached hydrogen (secondary N) is 1. The molecular weight excluding hydrogens is 340 g/mol. The number of hydrogen-bond acceptors (Lipinski definition) is 3. The molecule has 0 saturated carbocycles. The van der Waals surface area contributed by atoms with Gasteiger partial charge in [0.05, 0.1) is 12.8 Å². The SMILES string of the molecule is COc1ccc(C=C2C(=O)Nc3cc(Cl)ccc32)cc1OC(F)F. The van der Waals surface area contributed by atoms with Crippen LogP contribution in [0.15, 0.2) is 36.4 Å². The third-order valence-corrected chi connectivity index (χ3v) is 3.71. The lowest BCUT2D eigenvalue weighted by Crippen LogP contribution is -2.04. The van der Waals surface area contributed by atoms with E-state index in [1.54, 1.807) is 30.3 Å². The smallest absolute Gasteiger partial charge is 0.387 e. The summed E-state index contributed by atoms with van der Waals surface area (Å²) in [6, 6.07) is 9.58. The Balaban J connectivity index is 2.01. The monoisotopic (exact) mass is 351 g/mol. The summed E-state index contributed by atoms with van der Waals surface area (Å²) in [5, 5.41) is 3.22. The first kappa shape index (κ1) is 16.3. The number of carbonyl (C=O) groups is 1. The van der Waals surface area contributed by atoms with Crippen molar-refractivity contribution in [2.75, 3.05) is 12.4 Å². The molecule has 0 saturated heterocycles. The van der Waals surface area contributed by atoms with Crippen LogP contribution in [0.4, 0.5) is 14.5 Å². The number of fused-ring (bicyclic) bond motifs is 1. The Hall–Kier alpha value is -2.60. The van der Waals surface area contributed by atoms with E-state index in [2.05, 4.69) is 10.1 Å². The Morgan fingerprint density at radius 3 is 2.67 bits per heavy atom. The average molecular weight is 352 g/mol. The Labute approximate surface area is 141 Å². The van der Waals surface area contributed by atoms with Crippen LogP contribution in [0.1, 0.15) is 11.1 Å². The Bertz CT molecular complexity index is 837. The van der Waals surface area contributed by atoms with Gasteiger partial charge in [0, 0.05) is 16.2 Å². The van der Waals surface area contributed by atoms with Crippen molar-refractivity contribution in [2.24, 2.45) is 0 Å². The first-order chi connectivity index (χ1) is 11.5. The van der Waals surface area contributed by atoms with Gasteiger partial charge in [-0.2, -0.15) is 8.78 Å². The molecule has 4 nitrogen and oxygen atoms in total. The van der Waals surface area contributed by atoms with E-state index < -0.39 is 6.61 Å². The fourth-order valence-electron chi connectivity index (χ4n) is 2.45. The minimum absolute atomic E-state index is 0.100. The Kier molecular flexibility index (Phi) is 4.40. The van der Waals surface area contributed by atoms with Gasteiger partial charge >= 0.3 is 6.61 Å². The van der Waals surface area contributed by atoms with Crippen molar-refractivity contribution in [3.8, 4) is 11.5 Å². The molecule has 0 aliphatic carbocycles. The molecule has 3 rings (SSSR count). The lowest BCUT2D eigenvalue weighted by Gasteiger charge is -2.10. The number of alkyl halides is 2. The van der Waals surface area contributed by atoms with Crippen LogP contribution in [0.25, 0.3) is 11.6 Å². The molecule has 0 unspecified atom stereocenters. The van der Waals surface area contributed by atoms with Crippen LogP contribution in [0.2, 0.25) is 5.02 Å². The molecule has 7 heteroatoms. The summed E-state index contributed by atoms with van der Waals surface area (Å²) in [6.07, 6.45) is 1.59. The lowest BCUT2D eigenvalue weighted by molar-refractivity contribution is -0.110. The standard InChI is InChI=1S/C17H12ClF2NO3/c1-23-14-5-2-9(7-15(14)24-17(19)20)6-12-11-4-3-10(18)8-13(11)21-16(12)22/h2-8,17H,1H3,(H,21,22). The second-order valence-electron chi connectivity index (χ2n) is 4.99. The largest absolute Gasteiger partial charge is 0.493 e. The highest BCUT2D eigenvalue weighted by Crippen LogP contribution is 2.36. The molecule has 1 aliphatic rings. The first-order valence-electron chi connectivity index (χ1n) is 6.94. The predicted octanol–water partition coefficient (Wildman–Crippen LogP) is 4.44. The number of ether oxygens (including phenoxy) is 2. The van der Waals surface area contributed by atoms with E-state index in [1.165, 1.54) is 19.2 Å². The quantitative estimate of drug-likeness (QED) is 0.828. The van der Waals surface area contributed by atoms with Gasteiger partial charge in [0.25, 0.3) is 5.91 Å². The van der Waals surface area contributed by atoms with Crippen molar-refractivity contribution >= 4 is 34.8 Å². The molecule has 124 valence electrons. The zero-order valence-corrected chi connectivity index (χ0v) is 13.2. The van der Waals surface area contributed by atoms with Crippen molar-refractivity contribution < 1.29 is 23.0 Å².